The van der Waals surface area contributed by atoms with Crippen molar-refractivity contribution in [3.05, 3.63) is 51.8 Å². The van der Waals surface area contributed by atoms with Crippen molar-refractivity contribution < 1.29 is 4.79 Å². The average Bonchev–Trinajstić information content (AvgIpc) is 2.88. The van der Waals surface area contributed by atoms with Crippen LogP contribution in [0.4, 0.5) is 0 Å². The van der Waals surface area contributed by atoms with Gasteiger partial charge in [0, 0.05) is 16.2 Å². The first-order chi connectivity index (χ1) is 10.0. The Morgan fingerprint density at radius 2 is 2.00 bits per heavy atom. The minimum atomic E-state index is 0.0941. The maximum atomic E-state index is 12.4. The van der Waals surface area contributed by atoms with E-state index in [1.165, 1.54) is 0 Å². The molecule has 0 aliphatic rings. The van der Waals surface area contributed by atoms with Crippen LogP contribution in [0.3, 0.4) is 0 Å². The van der Waals surface area contributed by atoms with Crippen LogP contribution in [0.15, 0.2) is 34.9 Å². The van der Waals surface area contributed by atoms with Crippen LogP contribution in [0.25, 0.3) is 0 Å². The zero-order valence-corrected chi connectivity index (χ0v) is 14.4. The van der Waals surface area contributed by atoms with E-state index in [4.69, 9.17) is 0 Å². The minimum Gasteiger partial charge on any atom is -0.294 e. The van der Waals surface area contributed by atoms with Crippen LogP contribution < -0.4 is 0 Å². The first-order valence-electron chi connectivity index (χ1n) is 7.38. The van der Waals surface area contributed by atoms with E-state index in [0.29, 0.717) is 12.5 Å². The standard InChI is InChI=1S/C17H21BrN2O/c1-4-14(5-2)20-9-8-13(19-20)11-17(21)15-7-6-12(3)10-16(15)18/h6-10,14H,4-5,11H2,1-3H3. The molecule has 4 heteroatoms. The summed E-state index contributed by atoms with van der Waals surface area (Å²) in [6, 6.07) is 8.16. The van der Waals surface area contributed by atoms with E-state index < -0.39 is 0 Å². The molecule has 0 amide bonds. The van der Waals surface area contributed by atoms with Crippen molar-refractivity contribution in [1.82, 2.24) is 9.78 Å². The summed E-state index contributed by atoms with van der Waals surface area (Å²) in [4.78, 5) is 12.4. The highest BCUT2D eigenvalue weighted by Crippen LogP contribution is 2.20. The number of halogens is 1. The molecule has 0 unspecified atom stereocenters. The molecule has 1 heterocycles. The molecule has 0 spiro atoms. The van der Waals surface area contributed by atoms with Crippen molar-refractivity contribution >= 4 is 21.7 Å². The number of aryl methyl sites for hydroxylation is 1. The second-order valence-electron chi connectivity index (χ2n) is 5.34. The van der Waals surface area contributed by atoms with E-state index in [1.807, 2.05) is 42.1 Å². The predicted molar refractivity (Wildman–Crippen MR) is 88.8 cm³/mol. The Balaban J connectivity index is 2.13. The third-order valence-corrected chi connectivity index (χ3v) is 4.40. The van der Waals surface area contributed by atoms with Gasteiger partial charge in [0.25, 0.3) is 0 Å². The molecule has 0 saturated heterocycles. The van der Waals surface area contributed by atoms with Gasteiger partial charge in [-0.2, -0.15) is 5.10 Å². The highest BCUT2D eigenvalue weighted by atomic mass is 79.9. The predicted octanol–water partition coefficient (Wildman–Crippen LogP) is 4.74. The molecule has 0 aliphatic carbocycles. The summed E-state index contributed by atoms with van der Waals surface area (Å²) < 4.78 is 2.83. The van der Waals surface area contributed by atoms with Crippen LogP contribution in [0.1, 0.15) is 54.3 Å². The van der Waals surface area contributed by atoms with Gasteiger partial charge in [-0.15, -0.1) is 0 Å². The number of hydrogen-bond donors (Lipinski definition) is 0. The minimum absolute atomic E-state index is 0.0941. The van der Waals surface area contributed by atoms with Gasteiger partial charge in [-0.25, -0.2) is 0 Å². The SMILES string of the molecule is CCC(CC)n1ccc(CC(=O)c2ccc(C)cc2Br)n1. The number of hydrogen-bond acceptors (Lipinski definition) is 2. The van der Waals surface area contributed by atoms with Crippen molar-refractivity contribution in [2.75, 3.05) is 0 Å². The molecular formula is C17H21BrN2O. The van der Waals surface area contributed by atoms with Crippen molar-refractivity contribution in [1.29, 1.82) is 0 Å². The van der Waals surface area contributed by atoms with Crippen LogP contribution in [-0.2, 0) is 6.42 Å². The molecule has 0 N–H and O–H groups in total. The maximum Gasteiger partial charge on any atom is 0.170 e. The fourth-order valence-corrected chi connectivity index (χ4v) is 3.16. The van der Waals surface area contributed by atoms with Crippen LogP contribution >= 0.6 is 15.9 Å². The molecule has 0 saturated carbocycles. The van der Waals surface area contributed by atoms with E-state index in [0.717, 1.165) is 34.1 Å². The van der Waals surface area contributed by atoms with Crippen LogP contribution in [0, 0.1) is 6.92 Å². The molecule has 2 aromatic rings. The summed E-state index contributed by atoms with van der Waals surface area (Å²) in [5, 5.41) is 4.55. The number of rotatable bonds is 6. The lowest BCUT2D eigenvalue weighted by molar-refractivity contribution is 0.0991. The number of carbonyl (C=O) groups excluding carboxylic acids is 1. The Morgan fingerprint density at radius 1 is 1.29 bits per heavy atom. The topological polar surface area (TPSA) is 34.9 Å². The number of ketones is 1. The zero-order valence-electron chi connectivity index (χ0n) is 12.8. The molecule has 1 aromatic heterocycles. The van der Waals surface area contributed by atoms with E-state index in [2.05, 4.69) is 34.9 Å². The third kappa shape index (κ3) is 3.82. The summed E-state index contributed by atoms with van der Waals surface area (Å²) in [5.74, 6) is 0.0941. The van der Waals surface area contributed by atoms with Crippen LogP contribution in [0.5, 0.6) is 0 Å². The zero-order chi connectivity index (χ0) is 15.4. The molecule has 0 fully saturated rings. The smallest absolute Gasteiger partial charge is 0.170 e. The summed E-state index contributed by atoms with van der Waals surface area (Å²) in [5.41, 5.74) is 2.69. The Labute approximate surface area is 134 Å². The molecule has 3 nitrogen and oxygen atoms in total. The normalized spacial score (nSPS) is 11.1. The Kier molecular flexibility index (Phi) is 5.34. The second-order valence-corrected chi connectivity index (χ2v) is 6.19. The van der Waals surface area contributed by atoms with Gasteiger partial charge in [0.1, 0.15) is 0 Å². The first-order valence-corrected chi connectivity index (χ1v) is 8.17. The summed E-state index contributed by atoms with van der Waals surface area (Å²) in [6.07, 6.45) is 4.42. The molecule has 112 valence electrons. The fraction of sp³-hybridized carbons (Fsp3) is 0.412. The monoisotopic (exact) mass is 348 g/mol. The van der Waals surface area contributed by atoms with Gasteiger partial charge in [0.05, 0.1) is 18.2 Å². The van der Waals surface area contributed by atoms with E-state index in [1.54, 1.807) is 0 Å². The maximum absolute atomic E-state index is 12.4. The van der Waals surface area contributed by atoms with Gasteiger partial charge in [-0.05, 0) is 43.5 Å². The molecule has 0 bridgehead atoms. The highest BCUT2D eigenvalue weighted by molar-refractivity contribution is 9.10. The van der Waals surface area contributed by atoms with Gasteiger partial charge in [-0.1, -0.05) is 35.8 Å². The van der Waals surface area contributed by atoms with Crippen LogP contribution in [-0.4, -0.2) is 15.6 Å². The lowest BCUT2D eigenvalue weighted by Gasteiger charge is -2.12. The molecule has 1 aromatic carbocycles. The number of carbonyl (C=O) groups is 1. The number of benzene rings is 1. The molecule has 0 atom stereocenters. The number of Topliss-reactive ketones (excluding diaryl/α,β-unsaturated/α-hetero) is 1. The fourth-order valence-electron chi connectivity index (χ4n) is 2.44. The Hall–Kier alpha value is -1.42. The van der Waals surface area contributed by atoms with Gasteiger partial charge in [0.15, 0.2) is 5.78 Å². The van der Waals surface area contributed by atoms with Gasteiger partial charge in [-0.3, -0.25) is 9.48 Å². The highest BCUT2D eigenvalue weighted by Gasteiger charge is 2.14. The van der Waals surface area contributed by atoms with Gasteiger partial charge in [0.2, 0.25) is 0 Å². The summed E-state index contributed by atoms with van der Waals surface area (Å²) >= 11 is 3.47. The number of aromatic nitrogens is 2. The van der Waals surface area contributed by atoms with Crippen molar-refractivity contribution in [3.8, 4) is 0 Å². The Morgan fingerprint density at radius 3 is 2.62 bits per heavy atom. The molecular weight excluding hydrogens is 328 g/mol. The van der Waals surface area contributed by atoms with E-state index in [9.17, 15) is 4.79 Å². The molecule has 2 rings (SSSR count). The van der Waals surface area contributed by atoms with Gasteiger partial charge < -0.3 is 0 Å². The summed E-state index contributed by atoms with van der Waals surface area (Å²) in [6.45, 7) is 6.32. The van der Waals surface area contributed by atoms with Crippen molar-refractivity contribution in [2.24, 2.45) is 0 Å². The van der Waals surface area contributed by atoms with Crippen molar-refractivity contribution in [3.63, 3.8) is 0 Å². The van der Waals surface area contributed by atoms with E-state index in [-0.39, 0.29) is 5.78 Å². The summed E-state index contributed by atoms with van der Waals surface area (Å²) in [7, 11) is 0. The van der Waals surface area contributed by atoms with Crippen molar-refractivity contribution in [2.45, 2.75) is 46.1 Å². The average molecular weight is 349 g/mol. The third-order valence-electron chi connectivity index (χ3n) is 3.75. The quantitative estimate of drug-likeness (QED) is 0.706. The van der Waals surface area contributed by atoms with E-state index >= 15 is 0 Å². The second kappa shape index (κ2) is 7.03. The Bertz CT molecular complexity index is 629. The van der Waals surface area contributed by atoms with Gasteiger partial charge >= 0.3 is 0 Å². The number of nitrogens with zero attached hydrogens (tertiary/aromatic N) is 2. The lowest BCUT2D eigenvalue weighted by atomic mass is 10.1. The molecule has 21 heavy (non-hydrogen) atoms. The van der Waals surface area contributed by atoms with Crippen LogP contribution in [0.2, 0.25) is 0 Å². The lowest BCUT2D eigenvalue weighted by Crippen LogP contribution is -2.10. The first kappa shape index (κ1) is 16.0. The molecule has 0 aliphatic heterocycles. The largest absolute Gasteiger partial charge is 0.294 e. The molecule has 0 radical (unpaired) electrons.